The van der Waals surface area contributed by atoms with E-state index < -0.39 is 11.6 Å². The van der Waals surface area contributed by atoms with Crippen molar-refractivity contribution in [3.05, 3.63) is 64.7 Å². The van der Waals surface area contributed by atoms with Crippen LogP contribution >= 0.6 is 0 Å². The van der Waals surface area contributed by atoms with Crippen molar-refractivity contribution in [2.75, 3.05) is 13.7 Å². The molecule has 112 valence electrons. The van der Waals surface area contributed by atoms with Crippen LogP contribution in [0, 0.1) is 18.6 Å². The van der Waals surface area contributed by atoms with E-state index >= 15 is 0 Å². The van der Waals surface area contributed by atoms with Crippen LogP contribution in [0.1, 0.15) is 29.7 Å². The molecule has 2 rings (SSSR count). The SMILES string of the molecule is CCNC(c1ccc(OC)cc1C)c1ccc(F)cc1F. The van der Waals surface area contributed by atoms with Crippen LogP contribution in [0.25, 0.3) is 0 Å². The minimum absolute atomic E-state index is 0.318. The molecule has 2 aromatic rings. The fourth-order valence-corrected chi connectivity index (χ4v) is 2.43. The van der Waals surface area contributed by atoms with Crippen molar-refractivity contribution in [2.24, 2.45) is 0 Å². The van der Waals surface area contributed by atoms with E-state index in [0.717, 1.165) is 22.9 Å². The molecule has 1 atom stereocenters. The summed E-state index contributed by atoms with van der Waals surface area (Å²) >= 11 is 0. The zero-order chi connectivity index (χ0) is 15.4. The van der Waals surface area contributed by atoms with E-state index in [9.17, 15) is 8.78 Å². The fourth-order valence-electron chi connectivity index (χ4n) is 2.43. The summed E-state index contributed by atoms with van der Waals surface area (Å²) < 4.78 is 32.4. The highest BCUT2D eigenvalue weighted by atomic mass is 19.1. The zero-order valence-electron chi connectivity index (χ0n) is 12.4. The lowest BCUT2D eigenvalue weighted by Crippen LogP contribution is -2.23. The molecular formula is C17H19F2NO. The molecule has 2 nitrogen and oxygen atoms in total. The third-order valence-electron chi connectivity index (χ3n) is 3.47. The van der Waals surface area contributed by atoms with E-state index in [4.69, 9.17) is 4.74 Å². The minimum atomic E-state index is -0.571. The van der Waals surface area contributed by atoms with Gasteiger partial charge in [0, 0.05) is 11.6 Å². The summed E-state index contributed by atoms with van der Waals surface area (Å²) in [6, 6.07) is 9.02. The third kappa shape index (κ3) is 3.39. The van der Waals surface area contributed by atoms with Crippen LogP contribution < -0.4 is 10.1 Å². The van der Waals surface area contributed by atoms with Gasteiger partial charge in [-0.25, -0.2) is 8.78 Å². The van der Waals surface area contributed by atoms with Gasteiger partial charge in [0.05, 0.1) is 13.2 Å². The Kier molecular flexibility index (Phi) is 4.91. The van der Waals surface area contributed by atoms with Gasteiger partial charge in [0.1, 0.15) is 17.4 Å². The van der Waals surface area contributed by atoms with Crippen molar-refractivity contribution in [1.82, 2.24) is 5.32 Å². The lowest BCUT2D eigenvalue weighted by molar-refractivity contribution is 0.414. The molecule has 0 saturated carbocycles. The lowest BCUT2D eigenvalue weighted by atomic mass is 9.94. The Morgan fingerprint density at radius 1 is 1.10 bits per heavy atom. The second-order valence-electron chi connectivity index (χ2n) is 4.88. The summed E-state index contributed by atoms with van der Waals surface area (Å²) in [6.45, 7) is 4.57. The van der Waals surface area contributed by atoms with Crippen molar-refractivity contribution in [2.45, 2.75) is 19.9 Å². The summed E-state index contributed by atoms with van der Waals surface area (Å²) in [5.74, 6) is -0.361. The highest BCUT2D eigenvalue weighted by Gasteiger charge is 2.19. The van der Waals surface area contributed by atoms with Crippen LogP contribution in [0.5, 0.6) is 5.75 Å². The van der Waals surface area contributed by atoms with E-state index in [1.807, 2.05) is 32.0 Å². The largest absolute Gasteiger partial charge is 0.497 e. The predicted octanol–water partition coefficient (Wildman–Crippen LogP) is 3.98. The van der Waals surface area contributed by atoms with E-state index in [-0.39, 0.29) is 6.04 Å². The van der Waals surface area contributed by atoms with Crippen LogP contribution in [-0.2, 0) is 0 Å². The maximum atomic E-state index is 14.1. The topological polar surface area (TPSA) is 21.3 Å². The predicted molar refractivity (Wildman–Crippen MR) is 79.6 cm³/mol. The lowest BCUT2D eigenvalue weighted by Gasteiger charge is -2.22. The van der Waals surface area contributed by atoms with Crippen LogP contribution in [0.2, 0.25) is 0 Å². The normalized spacial score (nSPS) is 12.2. The molecule has 4 heteroatoms. The minimum Gasteiger partial charge on any atom is -0.497 e. The number of ether oxygens (including phenoxy) is 1. The molecule has 0 fully saturated rings. The summed E-state index contributed by atoms with van der Waals surface area (Å²) in [4.78, 5) is 0. The second kappa shape index (κ2) is 6.68. The molecule has 0 radical (unpaired) electrons. The maximum absolute atomic E-state index is 14.1. The van der Waals surface area contributed by atoms with Gasteiger partial charge >= 0.3 is 0 Å². The molecule has 0 aliphatic heterocycles. The van der Waals surface area contributed by atoms with Crippen LogP contribution in [0.4, 0.5) is 8.78 Å². The average molecular weight is 291 g/mol. The first-order valence-corrected chi connectivity index (χ1v) is 6.89. The Balaban J connectivity index is 2.48. The molecule has 2 aromatic carbocycles. The highest BCUT2D eigenvalue weighted by molar-refractivity contribution is 5.41. The van der Waals surface area contributed by atoms with Gasteiger partial charge < -0.3 is 10.1 Å². The Morgan fingerprint density at radius 3 is 2.38 bits per heavy atom. The van der Waals surface area contributed by atoms with Crippen molar-refractivity contribution in [3.63, 3.8) is 0 Å². The van der Waals surface area contributed by atoms with Gasteiger partial charge in [0.2, 0.25) is 0 Å². The smallest absolute Gasteiger partial charge is 0.131 e. The van der Waals surface area contributed by atoms with Gasteiger partial charge in [0.25, 0.3) is 0 Å². The number of hydrogen-bond donors (Lipinski definition) is 1. The van der Waals surface area contributed by atoms with E-state index in [2.05, 4.69) is 5.32 Å². The summed E-state index contributed by atoms with van der Waals surface area (Å²) in [5.41, 5.74) is 2.37. The van der Waals surface area contributed by atoms with Gasteiger partial charge in [0.15, 0.2) is 0 Å². The molecule has 21 heavy (non-hydrogen) atoms. The highest BCUT2D eigenvalue weighted by Crippen LogP contribution is 2.29. The number of rotatable bonds is 5. The molecule has 0 aromatic heterocycles. The van der Waals surface area contributed by atoms with Gasteiger partial charge in [-0.05, 0) is 42.8 Å². The number of methoxy groups -OCH3 is 1. The zero-order valence-corrected chi connectivity index (χ0v) is 12.4. The van der Waals surface area contributed by atoms with Crippen molar-refractivity contribution >= 4 is 0 Å². The molecule has 0 bridgehead atoms. The molecule has 1 unspecified atom stereocenters. The Morgan fingerprint density at radius 2 is 1.81 bits per heavy atom. The number of halogens is 2. The van der Waals surface area contributed by atoms with E-state index in [1.54, 1.807) is 7.11 Å². The summed E-state index contributed by atoms with van der Waals surface area (Å²) in [6.07, 6.45) is 0. The van der Waals surface area contributed by atoms with Crippen molar-refractivity contribution in [3.8, 4) is 5.75 Å². The maximum Gasteiger partial charge on any atom is 0.131 e. The molecule has 0 spiro atoms. The number of nitrogens with one attached hydrogen (secondary N) is 1. The van der Waals surface area contributed by atoms with Gasteiger partial charge in [-0.1, -0.05) is 19.1 Å². The first-order chi connectivity index (χ1) is 10.1. The monoisotopic (exact) mass is 291 g/mol. The first kappa shape index (κ1) is 15.4. The Labute approximate surface area is 123 Å². The molecule has 0 saturated heterocycles. The average Bonchev–Trinajstić information content (AvgIpc) is 2.46. The summed E-state index contributed by atoms with van der Waals surface area (Å²) in [5, 5.41) is 3.25. The van der Waals surface area contributed by atoms with E-state index in [1.165, 1.54) is 12.1 Å². The quantitative estimate of drug-likeness (QED) is 0.899. The Bertz CT molecular complexity index is 628. The van der Waals surface area contributed by atoms with Crippen molar-refractivity contribution < 1.29 is 13.5 Å². The fraction of sp³-hybridized carbons (Fsp3) is 0.294. The Hall–Kier alpha value is -1.94. The summed E-state index contributed by atoms with van der Waals surface area (Å²) in [7, 11) is 1.61. The van der Waals surface area contributed by atoms with Gasteiger partial charge in [-0.3, -0.25) is 0 Å². The van der Waals surface area contributed by atoms with Crippen molar-refractivity contribution in [1.29, 1.82) is 0 Å². The second-order valence-corrected chi connectivity index (χ2v) is 4.88. The molecule has 1 N–H and O–H groups in total. The molecule has 0 aliphatic carbocycles. The van der Waals surface area contributed by atoms with Crippen LogP contribution in [-0.4, -0.2) is 13.7 Å². The molecule has 0 amide bonds. The van der Waals surface area contributed by atoms with Gasteiger partial charge in [-0.2, -0.15) is 0 Å². The molecule has 0 aliphatic rings. The first-order valence-electron chi connectivity index (χ1n) is 6.89. The molecular weight excluding hydrogens is 272 g/mol. The van der Waals surface area contributed by atoms with E-state index in [0.29, 0.717) is 12.1 Å². The third-order valence-corrected chi connectivity index (χ3v) is 3.47. The van der Waals surface area contributed by atoms with Crippen LogP contribution in [0.15, 0.2) is 36.4 Å². The number of benzene rings is 2. The standard InChI is InChI=1S/C17H19F2NO/c1-4-20-17(15-7-5-12(18)10-16(15)19)14-8-6-13(21-3)9-11(14)2/h5-10,17,20H,4H2,1-3H3. The van der Waals surface area contributed by atoms with Crippen LogP contribution in [0.3, 0.4) is 0 Å². The number of hydrogen-bond acceptors (Lipinski definition) is 2. The molecule has 0 heterocycles. The van der Waals surface area contributed by atoms with Gasteiger partial charge in [-0.15, -0.1) is 0 Å². The number of aryl methyl sites for hydroxylation is 1.